The number of methoxy groups -OCH3 is 1. The third kappa shape index (κ3) is 6.64. The molecule has 12 heteroatoms. The molecule has 4 rings (SSSR count). The summed E-state index contributed by atoms with van der Waals surface area (Å²) in [5.74, 6) is 0.229. The number of hydrogen-bond acceptors (Lipinski definition) is 6. The van der Waals surface area contributed by atoms with E-state index in [0.717, 1.165) is 23.1 Å². The van der Waals surface area contributed by atoms with Crippen LogP contribution in [0.1, 0.15) is 18.9 Å². The quantitative estimate of drug-likeness (QED) is 0.323. The first-order chi connectivity index (χ1) is 17.4. The lowest BCUT2D eigenvalue weighted by molar-refractivity contribution is -0.139. The molecule has 1 aliphatic heterocycles. The maximum atomic E-state index is 13.6. The van der Waals surface area contributed by atoms with Gasteiger partial charge in [-0.15, -0.1) is 0 Å². The summed E-state index contributed by atoms with van der Waals surface area (Å²) in [5.41, 5.74) is -1.92. The lowest BCUT2D eigenvalue weighted by Gasteiger charge is -2.27. The molecule has 1 aliphatic rings. The maximum absolute atomic E-state index is 13.6. The number of halogens is 4. The molecule has 0 radical (unpaired) electrons. The molecule has 0 aliphatic carbocycles. The second-order valence-electron chi connectivity index (χ2n) is 8.67. The van der Waals surface area contributed by atoms with Gasteiger partial charge in [0.1, 0.15) is 22.0 Å². The zero-order valence-corrected chi connectivity index (χ0v) is 22.2. The van der Waals surface area contributed by atoms with E-state index in [4.69, 9.17) is 21.1 Å². The van der Waals surface area contributed by atoms with E-state index in [9.17, 15) is 21.6 Å². The lowest BCUT2D eigenvalue weighted by Crippen LogP contribution is -2.35. The second-order valence-corrected chi connectivity index (χ2v) is 11.9. The molecule has 1 atom stereocenters. The summed E-state index contributed by atoms with van der Waals surface area (Å²) in [6, 6.07) is 14.7. The number of ether oxygens (including phenoxy) is 2. The van der Waals surface area contributed by atoms with Gasteiger partial charge in [0.2, 0.25) is 0 Å². The van der Waals surface area contributed by atoms with Crippen molar-refractivity contribution in [2.75, 3.05) is 24.9 Å². The first kappa shape index (κ1) is 27.4. The summed E-state index contributed by atoms with van der Waals surface area (Å²) in [6.07, 6.45) is -4.16. The molecule has 1 fully saturated rings. The predicted octanol–water partition coefficient (Wildman–Crippen LogP) is 6.45. The number of rotatable bonds is 8. The van der Waals surface area contributed by atoms with Gasteiger partial charge in [-0.3, -0.25) is 4.72 Å². The van der Waals surface area contributed by atoms with Crippen molar-refractivity contribution in [1.29, 1.82) is 0 Å². The predicted molar refractivity (Wildman–Crippen MR) is 137 cm³/mol. The molecular weight excluding hydrogens is 549 g/mol. The van der Waals surface area contributed by atoms with Crippen LogP contribution in [-0.4, -0.2) is 34.2 Å². The molecule has 0 amide bonds. The largest absolute Gasteiger partial charge is 0.497 e. The lowest BCUT2D eigenvalue weighted by atomic mass is 10.1. The van der Waals surface area contributed by atoms with Crippen LogP contribution in [-0.2, 0) is 16.2 Å². The number of nitrogens with one attached hydrogen (secondary N) is 2. The van der Waals surface area contributed by atoms with Gasteiger partial charge in [0, 0.05) is 28.8 Å². The van der Waals surface area contributed by atoms with Crippen LogP contribution >= 0.6 is 23.4 Å². The van der Waals surface area contributed by atoms with E-state index < -0.39 is 33.1 Å². The third-order valence-electron chi connectivity index (χ3n) is 5.69. The molecule has 3 aromatic carbocycles. The Kier molecular flexibility index (Phi) is 7.89. The van der Waals surface area contributed by atoms with Crippen molar-refractivity contribution in [2.45, 2.75) is 39.8 Å². The highest BCUT2D eigenvalue weighted by Gasteiger charge is 2.38. The number of sulfonamides is 1. The standard InChI is InChI=1S/C25H24ClF3N2O4S2/c1-24(10-11-30-15-24)35-22-12-16(6-8-20(22)25(27,28)29)31-37(32,33)23-9-7-19(14-21(23)26)36-18-5-3-4-17(13-18)34-2/h3-9,12-14,30-31H,10-11,15H2,1-2H3/t24-/m1/s1. The Labute approximate surface area is 222 Å². The van der Waals surface area contributed by atoms with Gasteiger partial charge in [0.05, 0.1) is 23.4 Å². The molecule has 1 saturated heterocycles. The Morgan fingerprint density at radius 1 is 1.08 bits per heavy atom. The van der Waals surface area contributed by atoms with Crippen molar-refractivity contribution in [1.82, 2.24) is 5.32 Å². The number of alkyl halides is 3. The molecule has 6 nitrogen and oxygen atoms in total. The van der Waals surface area contributed by atoms with Crippen LogP contribution in [0.4, 0.5) is 18.9 Å². The summed E-state index contributed by atoms with van der Waals surface area (Å²) < 4.78 is 80.3. The summed E-state index contributed by atoms with van der Waals surface area (Å²) in [7, 11) is -2.65. The van der Waals surface area contributed by atoms with Gasteiger partial charge >= 0.3 is 6.18 Å². The summed E-state index contributed by atoms with van der Waals surface area (Å²) >= 11 is 7.68. The fraction of sp³-hybridized carbons (Fsp3) is 0.280. The fourth-order valence-corrected chi connectivity index (χ4v) is 6.39. The number of benzene rings is 3. The van der Waals surface area contributed by atoms with E-state index in [-0.39, 0.29) is 15.6 Å². The van der Waals surface area contributed by atoms with E-state index >= 15 is 0 Å². The monoisotopic (exact) mass is 572 g/mol. The molecule has 198 valence electrons. The molecule has 37 heavy (non-hydrogen) atoms. The van der Waals surface area contributed by atoms with E-state index in [1.54, 1.807) is 26.2 Å². The van der Waals surface area contributed by atoms with E-state index in [1.165, 1.54) is 23.9 Å². The van der Waals surface area contributed by atoms with Crippen LogP contribution in [0, 0.1) is 0 Å². The number of anilines is 1. The highest BCUT2D eigenvalue weighted by Crippen LogP contribution is 2.40. The Balaban J connectivity index is 1.58. The van der Waals surface area contributed by atoms with Gasteiger partial charge in [-0.2, -0.15) is 13.2 Å². The molecule has 0 unspecified atom stereocenters. The van der Waals surface area contributed by atoms with Crippen molar-refractivity contribution < 1.29 is 31.1 Å². The summed E-state index contributed by atoms with van der Waals surface area (Å²) in [5, 5.41) is 3.02. The molecular formula is C25H24ClF3N2O4S2. The van der Waals surface area contributed by atoms with Crippen molar-refractivity contribution in [3.05, 3.63) is 71.2 Å². The van der Waals surface area contributed by atoms with Crippen LogP contribution in [0.3, 0.4) is 0 Å². The Morgan fingerprint density at radius 3 is 2.49 bits per heavy atom. The Hall–Kier alpha value is -2.60. The normalized spacial score (nSPS) is 18.0. The van der Waals surface area contributed by atoms with Crippen LogP contribution in [0.2, 0.25) is 5.02 Å². The first-order valence-electron chi connectivity index (χ1n) is 11.1. The summed E-state index contributed by atoms with van der Waals surface area (Å²) in [4.78, 5) is 1.35. The zero-order chi connectivity index (χ0) is 26.8. The van der Waals surface area contributed by atoms with Gasteiger partial charge < -0.3 is 14.8 Å². The van der Waals surface area contributed by atoms with Crippen LogP contribution in [0.5, 0.6) is 11.5 Å². The second kappa shape index (κ2) is 10.6. The Morgan fingerprint density at radius 2 is 1.84 bits per heavy atom. The molecule has 0 bridgehead atoms. The van der Waals surface area contributed by atoms with Crippen LogP contribution in [0.15, 0.2) is 75.4 Å². The SMILES string of the molecule is COc1cccc(Sc2ccc(S(=O)(=O)Nc3ccc(C(F)(F)F)c(O[C@]4(C)CCNC4)c3)c(Cl)c2)c1. The Bertz CT molecular complexity index is 1390. The van der Waals surface area contributed by atoms with Gasteiger partial charge in [-0.1, -0.05) is 29.4 Å². The minimum Gasteiger partial charge on any atom is -0.497 e. The molecule has 2 N–H and O–H groups in total. The highest BCUT2D eigenvalue weighted by atomic mass is 35.5. The van der Waals surface area contributed by atoms with Gasteiger partial charge in [-0.05, 0) is 62.0 Å². The number of hydrogen-bond donors (Lipinski definition) is 2. The maximum Gasteiger partial charge on any atom is 0.419 e. The molecule has 3 aromatic rings. The minimum atomic E-state index is -4.67. The van der Waals surface area contributed by atoms with Gasteiger partial charge in [0.15, 0.2) is 0 Å². The smallest absolute Gasteiger partial charge is 0.419 e. The van der Waals surface area contributed by atoms with Crippen molar-refractivity contribution in [3.8, 4) is 11.5 Å². The molecule has 0 spiro atoms. The van der Waals surface area contributed by atoms with Gasteiger partial charge in [-0.25, -0.2) is 8.42 Å². The van der Waals surface area contributed by atoms with Crippen LogP contribution in [0.25, 0.3) is 0 Å². The third-order valence-corrected chi connectivity index (χ3v) is 8.54. The van der Waals surface area contributed by atoms with Crippen molar-refractivity contribution in [2.24, 2.45) is 0 Å². The average Bonchev–Trinajstić information content (AvgIpc) is 3.24. The zero-order valence-electron chi connectivity index (χ0n) is 19.9. The topological polar surface area (TPSA) is 76.7 Å². The highest BCUT2D eigenvalue weighted by molar-refractivity contribution is 7.99. The van der Waals surface area contributed by atoms with E-state index in [0.29, 0.717) is 30.2 Å². The fourth-order valence-electron chi connectivity index (χ4n) is 3.82. The van der Waals surface area contributed by atoms with E-state index in [1.807, 2.05) is 18.2 Å². The van der Waals surface area contributed by atoms with Gasteiger partial charge in [0.25, 0.3) is 10.0 Å². The molecule has 0 aromatic heterocycles. The molecule has 1 heterocycles. The molecule has 0 saturated carbocycles. The van der Waals surface area contributed by atoms with E-state index in [2.05, 4.69) is 10.0 Å². The average molecular weight is 573 g/mol. The first-order valence-corrected chi connectivity index (χ1v) is 13.8. The van der Waals surface area contributed by atoms with Crippen molar-refractivity contribution in [3.63, 3.8) is 0 Å². The van der Waals surface area contributed by atoms with Crippen molar-refractivity contribution >= 4 is 39.1 Å². The summed E-state index contributed by atoms with van der Waals surface area (Å²) in [6.45, 7) is 2.68. The van der Waals surface area contributed by atoms with Crippen LogP contribution < -0.4 is 19.5 Å². The minimum absolute atomic E-state index is 0.0340.